The van der Waals surface area contributed by atoms with E-state index < -0.39 is 0 Å². The SMILES string of the molecule is C=CCN(CC=C)C(=S)NC(=O)c1cccc(C)c1. The second-order valence-corrected chi connectivity index (χ2v) is 4.50. The van der Waals surface area contributed by atoms with Gasteiger partial charge < -0.3 is 4.90 Å². The first-order chi connectivity index (χ1) is 9.08. The fourth-order valence-electron chi connectivity index (χ4n) is 1.59. The zero-order chi connectivity index (χ0) is 14.3. The van der Waals surface area contributed by atoms with Crippen molar-refractivity contribution in [1.29, 1.82) is 0 Å². The Kier molecular flexibility index (Phi) is 5.96. The lowest BCUT2D eigenvalue weighted by atomic mass is 10.1. The average Bonchev–Trinajstić information content (AvgIpc) is 2.38. The van der Waals surface area contributed by atoms with Crippen molar-refractivity contribution in [2.75, 3.05) is 13.1 Å². The zero-order valence-corrected chi connectivity index (χ0v) is 11.9. The number of benzene rings is 1. The molecule has 0 unspecified atom stereocenters. The molecule has 0 aliphatic rings. The van der Waals surface area contributed by atoms with Crippen molar-refractivity contribution in [3.63, 3.8) is 0 Å². The molecule has 0 aliphatic heterocycles. The fourth-order valence-corrected chi connectivity index (χ4v) is 1.83. The van der Waals surface area contributed by atoms with Crippen molar-refractivity contribution < 1.29 is 4.79 Å². The predicted octanol–water partition coefficient (Wildman–Crippen LogP) is 2.68. The van der Waals surface area contributed by atoms with Crippen LogP contribution >= 0.6 is 12.2 Å². The van der Waals surface area contributed by atoms with E-state index in [2.05, 4.69) is 18.5 Å². The van der Waals surface area contributed by atoms with Gasteiger partial charge in [-0.2, -0.15) is 0 Å². The van der Waals surface area contributed by atoms with Gasteiger partial charge in [0.2, 0.25) is 0 Å². The lowest BCUT2D eigenvalue weighted by Gasteiger charge is -2.22. The number of hydrogen-bond acceptors (Lipinski definition) is 2. The van der Waals surface area contributed by atoms with Gasteiger partial charge in [-0.1, -0.05) is 29.8 Å². The Morgan fingerprint density at radius 3 is 2.53 bits per heavy atom. The lowest BCUT2D eigenvalue weighted by Crippen LogP contribution is -2.42. The monoisotopic (exact) mass is 274 g/mol. The maximum absolute atomic E-state index is 12.0. The van der Waals surface area contributed by atoms with Gasteiger partial charge in [-0.15, -0.1) is 13.2 Å². The van der Waals surface area contributed by atoms with Crippen LogP contribution in [-0.4, -0.2) is 29.0 Å². The minimum absolute atomic E-state index is 0.202. The molecular weight excluding hydrogens is 256 g/mol. The summed E-state index contributed by atoms with van der Waals surface area (Å²) in [6.07, 6.45) is 3.46. The van der Waals surface area contributed by atoms with E-state index >= 15 is 0 Å². The standard InChI is InChI=1S/C15H18N2OS/c1-4-9-17(10-5-2)15(19)16-14(18)13-8-6-7-12(3)11-13/h4-8,11H,1-2,9-10H2,3H3,(H,16,18,19). The van der Waals surface area contributed by atoms with Gasteiger partial charge in [-0.3, -0.25) is 10.1 Å². The van der Waals surface area contributed by atoms with Crippen molar-refractivity contribution in [2.45, 2.75) is 6.92 Å². The summed E-state index contributed by atoms with van der Waals surface area (Å²) >= 11 is 5.21. The zero-order valence-electron chi connectivity index (χ0n) is 11.1. The number of rotatable bonds is 5. The van der Waals surface area contributed by atoms with Crippen molar-refractivity contribution in [3.8, 4) is 0 Å². The number of hydrogen-bond donors (Lipinski definition) is 1. The highest BCUT2D eigenvalue weighted by Crippen LogP contribution is 2.04. The molecule has 0 radical (unpaired) electrons. The Hall–Kier alpha value is -1.94. The molecule has 0 bridgehead atoms. The molecule has 3 nitrogen and oxygen atoms in total. The van der Waals surface area contributed by atoms with Gasteiger partial charge in [0.1, 0.15) is 0 Å². The minimum atomic E-state index is -0.202. The summed E-state index contributed by atoms with van der Waals surface area (Å²) in [5, 5.41) is 3.10. The molecule has 1 rings (SSSR count). The van der Waals surface area contributed by atoms with Gasteiger partial charge in [-0.25, -0.2) is 0 Å². The van der Waals surface area contributed by atoms with E-state index in [1.54, 1.807) is 18.2 Å². The average molecular weight is 274 g/mol. The van der Waals surface area contributed by atoms with E-state index in [9.17, 15) is 4.79 Å². The molecule has 19 heavy (non-hydrogen) atoms. The van der Waals surface area contributed by atoms with Crippen LogP contribution in [0.2, 0.25) is 0 Å². The number of thiocarbonyl (C=S) groups is 1. The molecule has 1 amide bonds. The van der Waals surface area contributed by atoms with Gasteiger partial charge in [-0.05, 0) is 31.3 Å². The Balaban J connectivity index is 2.72. The van der Waals surface area contributed by atoms with Crippen LogP contribution in [0, 0.1) is 6.92 Å². The van der Waals surface area contributed by atoms with Gasteiger partial charge in [0.25, 0.3) is 5.91 Å². The van der Waals surface area contributed by atoms with E-state index in [4.69, 9.17) is 12.2 Å². The van der Waals surface area contributed by atoms with E-state index in [1.165, 1.54) is 0 Å². The Labute approximate surface area is 119 Å². The smallest absolute Gasteiger partial charge is 0.257 e. The number of aryl methyl sites for hydroxylation is 1. The van der Waals surface area contributed by atoms with E-state index in [-0.39, 0.29) is 5.91 Å². The van der Waals surface area contributed by atoms with Gasteiger partial charge in [0.15, 0.2) is 5.11 Å². The van der Waals surface area contributed by atoms with Crippen LogP contribution < -0.4 is 5.32 Å². The molecule has 1 aromatic rings. The second-order valence-electron chi connectivity index (χ2n) is 4.11. The second kappa shape index (κ2) is 7.48. The van der Waals surface area contributed by atoms with Crippen LogP contribution in [0.15, 0.2) is 49.6 Å². The van der Waals surface area contributed by atoms with Gasteiger partial charge >= 0.3 is 0 Å². The quantitative estimate of drug-likeness (QED) is 0.662. The number of carbonyl (C=O) groups is 1. The summed E-state index contributed by atoms with van der Waals surface area (Å²) in [6.45, 7) is 10.4. The van der Waals surface area contributed by atoms with Crippen molar-refractivity contribution >= 4 is 23.2 Å². The molecule has 1 N–H and O–H groups in total. The number of amides is 1. The lowest BCUT2D eigenvalue weighted by molar-refractivity contribution is 0.0974. The highest BCUT2D eigenvalue weighted by Gasteiger charge is 2.11. The molecule has 0 saturated carbocycles. The third-order valence-electron chi connectivity index (χ3n) is 2.49. The first kappa shape index (κ1) is 15.1. The Morgan fingerprint density at radius 2 is 2.00 bits per heavy atom. The predicted molar refractivity (Wildman–Crippen MR) is 83.2 cm³/mol. The third kappa shape index (κ3) is 4.67. The molecule has 0 fully saturated rings. The first-order valence-electron chi connectivity index (χ1n) is 5.97. The van der Waals surface area contributed by atoms with Crippen LogP contribution in [0.1, 0.15) is 15.9 Å². The largest absolute Gasteiger partial charge is 0.342 e. The van der Waals surface area contributed by atoms with Gasteiger partial charge in [0, 0.05) is 18.7 Å². The van der Waals surface area contributed by atoms with E-state index in [0.29, 0.717) is 23.8 Å². The maximum Gasteiger partial charge on any atom is 0.257 e. The molecule has 0 aromatic heterocycles. The number of nitrogens with one attached hydrogen (secondary N) is 1. The first-order valence-corrected chi connectivity index (χ1v) is 6.38. The molecule has 100 valence electrons. The topological polar surface area (TPSA) is 32.3 Å². The van der Waals surface area contributed by atoms with Crippen molar-refractivity contribution in [3.05, 3.63) is 60.7 Å². The molecule has 0 heterocycles. The van der Waals surface area contributed by atoms with Gasteiger partial charge in [0.05, 0.1) is 0 Å². The van der Waals surface area contributed by atoms with Crippen LogP contribution in [-0.2, 0) is 0 Å². The highest BCUT2D eigenvalue weighted by molar-refractivity contribution is 7.80. The van der Waals surface area contributed by atoms with Crippen LogP contribution in [0.25, 0.3) is 0 Å². The summed E-state index contributed by atoms with van der Waals surface area (Å²) in [7, 11) is 0. The Morgan fingerprint density at radius 1 is 1.37 bits per heavy atom. The summed E-state index contributed by atoms with van der Waals surface area (Å²) in [6, 6.07) is 7.37. The minimum Gasteiger partial charge on any atom is -0.342 e. The normalized spacial score (nSPS) is 9.53. The maximum atomic E-state index is 12.0. The van der Waals surface area contributed by atoms with E-state index in [0.717, 1.165) is 5.56 Å². The molecule has 0 aliphatic carbocycles. The molecule has 0 atom stereocenters. The fraction of sp³-hybridized carbons (Fsp3) is 0.200. The summed E-state index contributed by atoms with van der Waals surface area (Å²) in [4.78, 5) is 13.9. The molecular formula is C15H18N2OS. The van der Waals surface area contributed by atoms with Crippen LogP contribution in [0.4, 0.5) is 0 Å². The molecule has 4 heteroatoms. The Bertz CT molecular complexity index is 487. The molecule has 0 saturated heterocycles. The van der Waals surface area contributed by atoms with Crippen molar-refractivity contribution in [2.24, 2.45) is 0 Å². The number of carbonyl (C=O) groups excluding carboxylic acids is 1. The molecule has 0 spiro atoms. The van der Waals surface area contributed by atoms with E-state index in [1.807, 2.05) is 30.0 Å². The van der Waals surface area contributed by atoms with Crippen LogP contribution in [0.3, 0.4) is 0 Å². The molecule has 1 aromatic carbocycles. The number of nitrogens with zero attached hydrogens (tertiary/aromatic N) is 1. The van der Waals surface area contributed by atoms with Crippen molar-refractivity contribution in [1.82, 2.24) is 10.2 Å². The summed E-state index contributed by atoms with van der Waals surface area (Å²) in [5.41, 5.74) is 1.63. The third-order valence-corrected chi connectivity index (χ3v) is 2.85. The van der Waals surface area contributed by atoms with Crippen LogP contribution in [0.5, 0.6) is 0 Å². The highest BCUT2D eigenvalue weighted by atomic mass is 32.1. The summed E-state index contributed by atoms with van der Waals surface area (Å²) in [5.74, 6) is -0.202. The summed E-state index contributed by atoms with van der Waals surface area (Å²) < 4.78 is 0.